The Morgan fingerprint density at radius 3 is 2.52 bits per heavy atom. The predicted octanol–water partition coefficient (Wildman–Crippen LogP) is 0.905. The molecule has 0 aromatic heterocycles. The van der Waals surface area contributed by atoms with Crippen LogP contribution in [0.15, 0.2) is 18.2 Å². The van der Waals surface area contributed by atoms with Crippen molar-refractivity contribution in [1.82, 2.24) is 15.1 Å². The van der Waals surface area contributed by atoms with Crippen LogP contribution < -0.4 is 5.32 Å². The van der Waals surface area contributed by atoms with E-state index in [0.29, 0.717) is 36.7 Å². The molecule has 1 unspecified atom stereocenters. The van der Waals surface area contributed by atoms with Crippen molar-refractivity contribution in [1.29, 1.82) is 0 Å². The van der Waals surface area contributed by atoms with Gasteiger partial charge in [-0.25, -0.2) is 0 Å². The lowest BCUT2D eigenvalue weighted by atomic mass is 9.88. The summed E-state index contributed by atoms with van der Waals surface area (Å²) in [5.41, 5.74) is 1.46. The third kappa shape index (κ3) is 3.94. The summed E-state index contributed by atoms with van der Waals surface area (Å²) in [4.78, 5) is 65.4. The summed E-state index contributed by atoms with van der Waals surface area (Å²) < 4.78 is 5.34. The van der Waals surface area contributed by atoms with Gasteiger partial charge in [-0.05, 0) is 49.7 Å². The van der Waals surface area contributed by atoms with Gasteiger partial charge in [0, 0.05) is 38.6 Å². The monoisotopic (exact) mass is 453 g/mol. The lowest BCUT2D eigenvalue weighted by Crippen LogP contribution is -2.54. The second-order valence-electron chi connectivity index (χ2n) is 9.32. The molecule has 3 saturated heterocycles. The Morgan fingerprint density at radius 2 is 1.79 bits per heavy atom. The van der Waals surface area contributed by atoms with Crippen molar-refractivity contribution in [3.8, 4) is 0 Å². The minimum Gasteiger partial charge on any atom is -0.381 e. The van der Waals surface area contributed by atoms with Gasteiger partial charge in [-0.15, -0.1) is 0 Å². The Morgan fingerprint density at radius 1 is 1.03 bits per heavy atom. The van der Waals surface area contributed by atoms with Crippen LogP contribution in [0.1, 0.15) is 58.4 Å². The van der Waals surface area contributed by atoms with Crippen LogP contribution in [0.2, 0.25) is 0 Å². The lowest BCUT2D eigenvalue weighted by Gasteiger charge is -2.42. The molecule has 5 rings (SSSR count). The van der Waals surface area contributed by atoms with Gasteiger partial charge in [0.25, 0.3) is 11.8 Å². The van der Waals surface area contributed by atoms with Crippen molar-refractivity contribution >= 4 is 29.5 Å². The number of imide groups is 2. The highest BCUT2D eigenvalue weighted by Gasteiger charge is 2.45. The number of likely N-dealkylation sites (tertiary alicyclic amines) is 1. The topological polar surface area (TPSA) is 113 Å². The fraction of sp³-hybridized carbons (Fsp3) is 0.542. The molecule has 4 aliphatic rings. The fourth-order valence-electron chi connectivity index (χ4n) is 5.29. The maximum Gasteiger partial charge on any atom is 0.262 e. The van der Waals surface area contributed by atoms with Crippen LogP contribution in [0.3, 0.4) is 0 Å². The standard InChI is InChI=1S/C24H27N3O6/c28-19-7-6-18(21(29)25-19)27-23(31)17-3-1-2-15(20(17)24(27)32)5-4-14-12-26(13-14)22(30)16-8-10-33-11-9-16/h1-3,14,16,18H,4-13H2,(H,25,28,29). The van der Waals surface area contributed by atoms with Gasteiger partial charge in [-0.2, -0.15) is 0 Å². The first-order chi connectivity index (χ1) is 15.9. The molecule has 174 valence electrons. The van der Waals surface area contributed by atoms with E-state index in [0.717, 1.165) is 42.8 Å². The molecule has 9 nitrogen and oxygen atoms in total. The highest BCUT2D eigenvalue weighted by atomic mass is 16.5. The summed E-state index contributed by atoms with van der Waals surface area (Å²) in [5.74, 6) is -1.30. The average Bonchev–Trinajstić information content (AvgIpc) is 3.04. The highest BCUT2D eigenvalue weighted by molar-refractivity contribution is 6.24. The van der Waals surface area contributed by atoms with Gasteiger partial charge < -0.3 is 9.64 Å². The number of hydrogen-bond donors (Lipinski definition) is 1. The molecule has 1 atom stereocenters. The molecule has 0 saturated carbocycles. The number of ether oxygens (including phenoxy) is 1. The smallest absolute Gasteiger partial charge is 0.262 e. The van der Waals surface area contributed by atoms with Crippen molar-refractivity contribution in [3.05, 3.63) is 34.9 Å². The van der Waals surface area contributed by atoms with E-state index >= 15 is 0 Å². The third-order valence-corrected chi connectivity index (χ3v) is 7.22. The van der Waals surface area contributed by atoms with Crippen LogP contribution >= 0.6 is 0 Å². The van der Waals surface area contributed by atoms with Crippen LogP contribution in [0.25, 0.3) is 0 Å². The quantitative estimate of drug-likeness (QED) is 0.663. The maximum atomic E-state index is 13.2. The lowest BCUT2D eigenvalue weighted by molar-refractivity contribution is -0.145. The zero-order valence-corrected chi connectivity index (χ0v) is 18.4. The van der Waals surface area contributed by atoms with Crippen LogP contribution in [0.4, 0.5) is 0 Å². The number of carbonyl (C=O) groups is 5. The second-order valence-corrected chi connectivity index (χ2v) is 9.32. The van der Waals surface area contributed by atoms with Crippen molar-refractivity contribution in [2.24, 2.45) is 11.8 Å². The highest BCUT2D eigenvalue weighted by Crippen LogP contribution is 2.32. The number of piperidine rings is 1. The molecule has 0 bridgehead atoms. The molecule has 9 heteroatoms. The predicted molar refractivity (Wildman–Crippen MR) is 115 cm³/mol. The Bertz CT molecular complexity index is 1030. The average molecular weight is 453 g/mol. The zero-order chi connectivity index (χ0) is 23.1. The number of aryl methyl sites for hydroxylation is 1. The molecule has 33 heavy (non-hydrogen) atoms. The van der Waals surface area contributed by atoms with E-state index in [1.165, 1.54) is 0 Å². The number of amides is 5. The molecule has 1 aromatic carbocycles. The van der Waals surface area contributed by atoms with Gasteiger partial charge in [0.2, 0.25) is 17.7 Å². The fourth-order valence-corrected chi connectivity index (χ4v) is 5.29. The normalized spacial score (nSPS) is 24.1. The summed E-state index contributed by atoms with van der Waals surface area (Å²) in [7, 11) is 0. The molecule has 0 aliphatic carbocycles. The van der Waals surface area contributed by atoms with Gasteiger partial charge in [-0.3, -0.25) is 34.2 Å². The summed E-state index contributed by atoms with van der Waals surface area (Å²) in [6.45, 7) is 2.74. The number of rotatable bonds is 5. The minimum absolute atomic E-state index is 0.0685. The van der Waals surface area contributed by atoms with Crippen molar-refractivity contribution in [2.75, 3.05) is 26.3 Å². The van der Waals surface area contributed by atoms with E-state index in [-0.39, 0.29) is 24.7 Å². The Balaban J connectivity index is 1.22. The van der Waals surface area contributed by atoms with Crippen LogP contribution in [0, 0.1) is 11.8 Å². The van der Waals surface area contributed by atoms with E-state index < -0.39 is 29.7 Å². The molecule has 0 spiro atoms. The first-order valence-electron chi connectivity index (χ1n) is 11.6. The SMILES string of the molecule is O=C1CCC(N2C(=O)c3cccc(CCC4CN(C(=O)C5CCOCC5)C4)c3C2=O)C(=O)N1. The van der Waals surface area contributed by atoms with Gasteiger partial charge in [0.15, 0.2) is 0 Å². The van der Waals surface area contributed by atoms with E-state index in [4.69, 9.17) is 4.74 Å². The maximum absolute atomic E-state index is 13.2. The largest absolute Gasteiger partial charge is 0.381 e. The molecule has 1 aromatic rings. The number of nitrogens with zero attached hydrogens (tertiary/aromatic N) is 2. The van der Waals surface area contributed by atoms with Gasteiger partial charge >= 0.3 is 0 Å². The van der Waals surface area contributed by atoms with E-state index in [1.807, 2.05) is 11.0 Å². The second kappa shape index (κ2) is 8.70. The Hall–Kier alpha value is -3.07. The van der Waals surface area contributed by atoms with E-state index in [1.54, 1.807) is 12.1 Å². The first kappa shape index (κ1) is 21.8. The Kier molecular flexibility index (Phi) is 5.74. The molecule has 4 aliphatic heterocycles. The van der Waals surface area contributed by atoms with Gasteiger partial charge in [-0.1, -0.05) is 12.1 Å². The van der Waals surface area contributed by atoms with E-state index in [2.05, 4.69) is 5.32 Å². The molecule has 3 fully saturated rings. The summed E-state index contributed by atoms with van der Waals surface area (Å²) in [5, 5.41) is 2.22. The number of hydrogen-bond acceptors (Lipinski definition) is 6. The number of carbonyl (C=O) groups excluding carboxylic acids is 5. The number of fused-ring (bicyclic) bond motifs is 1. The zero-order valence-electron chi connectivity index (χ0n) is 18.4. The minimum atomic E-state index is -0.959. The summed E-state index contributed by atoms with van der Waals surface area (Å²) in [6.07, 6.45) is 3.25. The molecule has 4 heterocycles. The summed E-state index contributed by atoms with van der Waals surface area (Å²) in [6, 6.07) is 4.26. The molecule has 5 amide bonds. The van der Waals surface area contributed by atoms with Crippen molar-refractivity contribution in [3.63, 3.8) is 0 Å². The first-order valence-corrected chi connectivity index (χ1v) is 11.6. The number of benzene rings is 1. The van der Waals surface area contributed by atoms with E-state index in [9.17, 15) is 24.0 Å². The molecular weight excluding hydrogens is 426 g/mol. The van der Waals surface area contributed by atoms with Crippen LogP contribution in [-0.4, -0.2) is 71.7 Å². The molecule has 1 N–H and O–H groups in total. The van der Waals surface area contributed by atoms with Gasteiger partial charge in [0.1, 0.15) is 6.04 Å². The van der Waals surface area contributed by atoms with Crippen molar-refractivity contribution in [2.45, 2.75) is 44.6 Å². The third-order valence-electron chi connectivity index (χ3n) is 7.22. The number of nitrogens with one attached hydrogen (secondary N) is 1. The van der Waals surface area contributed by atoms with Crippen LogP contribution in [0.5, 0.6) is 0 Å². The van der Waals surface area contributed by atoms with Gasteiger partial charge in [0.05, 0.1) is 11.1 Å². The Labute approximate surface area is 191 Å². The molecular formula is C24H27N3O6. The molecule has 0 radical (unpaired) electrons. The van der Waals surface area contributed by atoms with Crippen molar-refractivity contribution < 1.29 is 28.7 Å². The van der Waals surface area contributed by atoms with Crippen LogP contribution in [-0.2, 0) is 25.5 Å². The summed E-state index contributed by atoms with van der Waals surface area (Å²) >= 11 is 0.